The lowest BCUT2D eigenvalue weighted by Crippen LogP contribution is -2.25. The largest absolute Gasteiger partial charge is 0.397 e. The minimum absolute atomic E-state index is 0.126. The molecular formula is C15H20N4O. The maximum Gasteiger partial charge on any atom is 0.268 e. The SMILES string of the molecule is CCCn1cc(N)cc1C(=O)NCc1cccc(C)n1. The van der Waals surface area contributed by atoms with Crippen molar-refractivity contribution in [3.05, 3.63) is 47.5 Å². The molecule has 2 aromatic rings. The third kappa shape index (κ3) is 3.38. The molecule has 0 aliphatic rings. The molecule has 3 N–H and O–H groups in total. The van der Waals surface area contributed by atoms with E-state index in [1.165, 1.54) is 0 Å². The maximum atomic E-state index is 12.2. The van der Waals surface area contributed by atoms with Crippen molar-refractivity contribution in [2.75, 3.05) is 5.73 Å². The number of carbonyl (C=O) groups excluding carboxylic acids is 1. The molecule has 0 radical (unpaired) electrons. The van der Waals surface area contributed by atoms with Gasteiger partial charge < -0.3 is 15.6 Å². The number of hydrogen-bond acceptors (Lipinski definition) is 3. The number of amides is 1. The topological polar surface area (TPSA) is 72.9 Å². The van der Waals surface area contributed by atoms with Gasteiger partial charge in [0.15, 0.2) is 0 Å². The molecule has 106 valence electrons. The molecule has 0 unspecified atom stereocenters. The van der Waals surface area contributed by atoms with Crippen LogP contribution < -0.4 is 11.1 Å². The summed E-state index contributed by atoms with van der Waals surface area (Å²) in [4.78, 5) is 16.6. The van der Waals surface area contributed by atoms with E-state index in [9.17, 15) is 4.79 Å². The van der Waals surface area contributed by atoms with Gasteiger partial charge in [0, 0.05) is 18.4 Å². The Morgan fingerprint density at radius 2 is 2.25 bits per heavy atom. The fourth-order valence-corrected chi connectivity index (χ4v) is 2.11. The minimum Gasteiger partial charge on any atom is -0.397 e. The van der Waals surface area contributed by atoms with Gasteiger partial charge in [0.05, 0.1) is 17.9 Å². The molecule has 20 heavy (non-hydrogen) atoms. The van der Waals surface area contributed by atoms with E-state index in [-0.39, 0.29) is 5.91 Å². The highest BCUT2D eigenvalue weighted by atomic mass is 16.1. The number of anilines is 1. The summed E-state index contributed by atoms with van der Waals surface area (Å²) in [6, 6.07) is 7.46. The standard InChI is InChI=1S/C15H20N4O/c1-3-7-19-10-12(16)8-14(19)15(20)17-9-13-6-4-5-11(2)18-13/h4-6,8,10H,3,7,9,16H2,1-2H3,(H,17,20). The summed E-state index contributed by atoms with van der Waals surface area (Å²) in [5, 5.41) is 2.88. The van der Waals surface area contributed by atoms with Crippen LogP contribution in [0.1, 0.15) is 35.2 Å². The molecular weight excluding hydrogens is 252 g/mol. The van der Waals surface area contributed by atoms with Crippen molar-refractivity contribution < 1.29 is 4.79 Å². The number of nitrogens with zero attached hydrogens (tertiary/aromatic N) is 2. The third-order valence-electron chi connectivity index (χ3n) is 2.99. The molecule has 0 saturated heterocycles. The van der Waals surface area contributed by atoms with Crippen LogP contribution in [0.3, 0.4) is 0 Å². The molecule has 1 amide bonds. The minimum atomic E-state index is -0.126. The fourth-order valence-electron chi connectivity index (χ4n) is 2.11. The van der Waals surface area contributed by atoms with Crippen molar-refractivity contribution in [1.82, 2.24) is 14.9 Å². The molecule has 0 atom stereocenters. The van der Waals surface area contributed by atoms with Gasteiger partial charge in [-0.2, -0.15) is 0 Å². The molecule has 2 heterocycles. The van der Waals surface area contributed by atoms with Crippen LogP contribution in [-0.2, 0) is 13.1 Å². The molecule has 0 fully saturated rings. The van der Waals surface area contributed by atoms with Crippen molar-refractivity contribution in [1.29, 1.82) is 0 Å². The predicted molar refractivity (Wildman–Crippen MR) is 79.3 cm³/mol. The second-order valence-corrected chi connectivity index (χ2v) is 4.81. The lowest BCUT2D eigenvalue weighted by Gasteiger charge is -2.08. The summed E-state index contributed by atoms with van der Waals surface area (Å²) >= 11 is 0. The third-order valence-corrected chi connectivity index (χ3v) is 2.99. The summed E-state index contributed by atoms with van der Waals surface area (Å²) in [6.07, 6.45) is 2.75. The van der Waals surface area contributed by atoms with E-state index in [1.54, 1.807) is 12.3 Å². The number of pyridine rings is 1. The van der Waals surface area contributed by atoms with E-state index in [4.69, 9.17) is 5.73 Å². The first-order valence-corrected chi connectivity index (χ1v) is 6.76. The van der Waals surface area contributed by atoms with Gasteiger partial charge in [-0.05, 0) is 31.5 Å². The average Bonchev–Trinajstić information content (AvgIpc) is 2.78. The Morgan fingerprint density at radius 1 is 1.45 bits per heavy atom. The van der Waals surface area contributed by atoms with Crippen molar-refractivity contribution in [3.8, 4) is 0 Å². The number of rotatable bonds is 5. The van der Waals surface area contributed by atoms with E-state index < -0.39 is 0 Å². The van der Waals surface area contributed by atoms with Crippen LogP contribution in [0.4, 0.5) is 5.69 Å². The van der Waals surface area contributed by atoms with Gasteiger partial charge in [0.2, 0.25) is 0 Å². The first-order valence-electron chi connectivity index (χ1n) is 6.76. The summed E-state index contributed by atoms with van der Waals surface area (Å²) in [5.41, 5.74) is 8.75. The second-order valence-electron chi connectivity index (χ2n) is 4.81. The highest BCUT2D eigenvalue weighted by Crippen LogP contribution is 2.11. The van der Waals surface area contributed by atoms with E-state index >= 15 is 0 Å². The Bertz CT molecular complexity index is 604. The smallest absolute Gasteiger partial charge is 0.268 e. The van der Waals surface area contributed by atoms with Gasteiger partial charge in [-0.15, -0.1) is 0 Å². The molecule has 5 nitrogen and oxygen atoms in total. The zero-order chi connectivity index (χ0) is 14.5. The van der Waals surface area contributed by atoms with Crippen LogP contribution in [0.15, 0.2) is 30.5 Å². The quantitative estimate of drug-likeness (QED) is 0.875. The lowest BCUT2D eigenvalue weighted by atomic mass is 10.3. The Labute approximate surface area is 118 Å². The molecule has 0 spiro atoms. The van der Waals surface area contributed by atoms with E-state index in [0.29, 0.717) is 17.9 Å². The highest BCUT2D eigenvalue weighted by Gasteiger charge is 2.12. The normalized spacial score (nSPS) is 10.5. The first kappa shape index (κ1) is 14.1. The average molecular weight is 272 g/mol. The fraction of sp³-hybridized carbons (Fsp3) is 0.333. The van der Waals surface area contributed by atoms with E-state index in [1.807, 2.05) is 29.7 Å². The van der Waals surface area contributed by atoms with Crippen molar-refractivity contribution >= 4 is 11.6 Å². The molecule has 5 heteroatoms. The van der Waals surface area contributed by atoms with Gasteiger partial charge >= 0.3 is 0 Å². The predicted octanol–water partition coefficient (Wildman–Crippen LogP) is 2.11. The van der Waals surface area contributed by atoms with Crippen LogP contribution in [0, 0.1) is 6.92 Å². The molecule has 0 bridgehead atoms. The Balaban J connectivity index is 2.05. The summed E-state index contributed by atoms with van der Waals surface area (Å²) in [5.74, 6) is -0.126. The van der Waals surface area contributed by atoms with Crippen LogP contribution in [0.25, 0.3) is 0 Å². The molecule has 0 aliphatic heterocycles. The number of nitrogens with two attached hydrogens (primary N) is 1. The number of carbonyl (C=O) groups is 1. The van der Waals surface area contributed by atoms with E-state index in [0.717, 1.165) is 24.4 Å². The van der Waals surface area contributed by atoms with Crippen LogP contribution in [-0.4, -0.2) is 15.5 Å². The van der Waals surface area contributed by atoms with Gasteiger partial charge in [-0.1, -0.05) is 13.0 Å². The molecule has 0 aliphatic carbocycles. The summed E-state index contributed by atoms with van der Waals surface area (Å²) in [7, 11) is 0. The number of hydrogen-bond donors (Lipinski definition) is 2. The van der Waals surface area contributed by atoms with Crippen LogP contribution >= 0.6 is 0 Å². The number of aryl methyl sites for hydroxylation is 2. The first-order chi connectivity index (χ1) is 9.60. The molecule has 0 aromatic carbocycles. The number of nitrogens with one attached hydrogen (secondary N) is 1. The Morgan fingerprint density at radius 3 is 2.95 bits per heavy atom. The molecule has 0 saturated carbocycles. The molecule has 2 rings (SSSR count). The monoisotopic (exact) mass is 272 g/mol. The van der Waals surface area contributed by atoms with Crippen molar-refractivity contribution in [3.63, 3.8) is 0 Å². The van der Waals surface area contributed by atoms with Crippen molar-refractivity contribution in [2.45, 2.75) is 33.4 Å². The zero-order valence-corrected chi connectivity index (χ0v) is 11.9. The van der Waals surface area contributed by atoms with Crippen LogP contribution in [0.2, 0.25) is 0 Å². The van der Waals surface area contributed by atoms with Gasteiger partial charge in [-0.3, -0.25) is 9.78 Å². The lowest BCUT2D eigenvalue weighted by molar-refractivity contribution is 0.0941. The molecule has 2 aromatic heterocycles. The second kappa shape index (κ2) is 6.23. The maximum absolute atomic E-state index is 12.2. The highest BCUT2D eigenvalue weighted by molar-refractivity contribution is 5.93. The van der Waals surface area contributed by atoms with Crippen LogP contribution in [0.5, 0.6) is 0 Å². The Hall–Kier alpha value is -2.30. The summed E-state index contributed by atoms with van der Waals surface area (Å²) in [6.45, 7) is 5.19. The Kier molecular flexibility index (Phi) is 4.40. The van der Waals surface area contributed by atoms with Gasteiger partial charge in [0.25, 0.3) is 5.91 Å². The summed E-state index contributed by atoms with van der Waals surface area (Å²) < 4.78 is 1.88. The van der Waals surface area contributed by atoms with Gasteiger partial charge in [-0.25, -0.2) is 0 Å². The number of aromatic nitrogens is 2. The van der Waals surface area contributed by atoms with E-state index in [2.05, 4.69) is 17.2 Å². The van der Waals surface area contributed by atoms with Crippen molar-refractivity contribution in [2.24, 2.45) is 0 Å². The van der Waals surface area contributed by atoms with Gasteiger partial charge in [0.1, 0.15) is 5.69 Å². The number of nitrogen functional groups attached to an aromatic ring is 1. The zero-order valence-electron chi connectivity index (χ0n) is 11.9.